The van der Waals surface area contributed by atoms with Crippen LogP contribution in [0.15, 0.2) is 29.4 Å². The maximum Gasteiger partial charge on any atom is 0.224 e. The maximum absolute atomic E-state index is 5.78. The van der Waals surface area contributed by atoms with E-state index in [1.807, 2.05) is 24.3 Å². The Morgan fingerprint density at radius 3 is 2.70 bits per heavy atom. The highest BCUT2D eigenvalue weighted by Gasteiger charge is 2.10. The maximum atomic E-state index is 5.78. The van der Waals surface area contributed by atoms with Crippen LogP contribution >= 0.6 is 11.8 Å². The molecule has 3 aromatic rings. The van der Waals surface area contributed by atoms with E-state index in [9.17, 15) is 0 Å². The van der Waals surface area contributed by atoms with E-state index in [4.69, 9.17) is 20.9 Å². The van der Waals surface area contributed by atoms with E-state index in [1.165, 1.54) is 11.8 Å². The molecule has 0 saturated heterocycles. The minimum atomic E-state index is 0.109. The molecule has 0 aliphatic carbocycles. The molecule has 8 nitrogen and oxygen atoms in total. The number of ether oxygens (including phenoxy) is 2. The summed E-state index contributed by atoms with van der Waals surface area (Å²) in [6, 6.07) is 7.51. The van der Waals surface area contributed by atoms with Crippen molar-refractivity contribution in [2.24, 2.45) is 0 Å². The minimum Gasteiger partial charge on any atom is -0.493 e. The lowest BCUT2D eigenvalue weighted by Crippen LogP contribution is -2.01. The first-order chi connectivity index (χ1) is 11.2. The van der Waals surface area contributed by atoms with Gasteiger partial charge in [0, 0.05) is 5.75 Å². The number of nitrogens with zero attached hydrogens (tertiary/aromatic N) is 3. The Bertz CT molecular complexity index is 822. The number of methoxy groups -OCH3 is 1. The summed E-state index contributed by atoms with van der Waals surface area (Å²) in [5, 5.41) is 0.690. The molecule has 9 heteroatoms. The first-order valence-electron chi connectivity index (χ1n) is 6.84. The SMILES string of the molecule is COc1ccccc1OCCSc1nc2nc(N)nc(N)c2[nH]1. The molecule has 0 radical (unpaired) electrons. The van der Waals surface area contributed by atoms with Gasteiger partial charge in [-0.05, 0) is 12.1 Å². The van der Waals surface area contributed by atoms with Gasteiger partial charge < -0.3 is 25.9 Å². The van der Waals surface area contributed by atoms with Crippen LogP contribution in [-0.4, -0.2) is 39.4 Å². The third-order valence-corrected chi connectivity index (χ3v) is 3.86. The predicted octanol–water partition coefficient (Wildman–Crippen LogP) is 1.70. The van der Waals surface area contributed by atoms with Crippen LogP contribution in [-0.2, 0) is 0 Å². The molecule has 0 bridgehead atoms. The molecular formula is C14H16N6O2S. The smallest absolute Gasteiger partial charge is 0.224 e. The zero-order chi connectivity index (χ0) is 16.2. The number of nitrogen functional groups attached to an aromatic ring is 2. The first kappa shape index (κ1) is 15.2. The molecule has 5 N–H and O–H groups in total. The van der Waals surface area contributed by atoms with E-state index in [1.54, 1.807) is 7.11 Å². The predicted molar refractivity (Wildman–Crippen MR) is 89.7 cm³/mol. The van der Waals surface area contributed by atoms with Gasteiger partial charge in [-0.3, -0.25) is 0 Å². The van der Waals surface area contributed by atoms with Gasteiger partial charge in [-0.1, -0.05) is 23.9 Å². The molecule has 0 aliphatic heterocycles. The van der Waals surface area contributed by atoms with E-state index in [-0.39, 0.29) is 11.8 Å². The standard InChI is InChI=1S/C14H16N6O2S/c1-21-8-4-2-3-5-9(8)22-6-7-23-14-17-10-11(15)18-13(16)19-12(10)20-14/h2-5H,6-7H2,1H3,(H5,15,16,17,18,19,20). The highest BCUT2D eigenvalue weighted by atomic mass is 32.2. The lowest BCUT2D eigenvalue weighted by molar-refractivity contribution is 0.313. The van der Waals surface area contributed by atoms with Crippen molar-refractivity contribution in [3.8, 4) is 11.5 Å². The van der Waals surface area contributed by atoms with Crippen molar-refractivity contribution in [1.82, 2.24) is 19.9 Å². The normalized spacial score (nSPS) is 10.8. The number of nitrogens with one attached hydrogen (secondary N) is 1. The zero-order valence-electron chi connectivity index (χ0n) is 12.4. The largest absolute Gasteiger partial charge is 0.493 e. The molecule has 0 saturated carbocycles. The number of rotatable bonds is 6. The van der Waals surface area contributed by atoms with Crippen molar-refractivity contribution in [1.29, 1.82) is 0 Å². The molecule has 0 spiro atoms. The number of thioether (sulfide) groups is 1. The Morgan fingerprint density at radius 2 is 1.91 bits per heavy atom. The fourth-order valence-corrected chi connectivity index (χ4v) is 2.70. The third kappa shape index (κ3) is 3.39. The molecule has 0 unspecified atom stereocenters. The van der Waals surface area contributed by atoms with E-state index in [2.05, 4.69) is 19.9 Å². The van der Waals surface area contributed by atoms with E-state index < -0.39 is 0 Å². The van der Waals surface area contributed by atoms with Crippen molar-refractivity contribution >= 4 is 34.7 Å². The van der Waals surface area contributed by atoms with Crippen LogP contribution in [0.3, 0.4) is 0 Å². The van der Waals surface area contributed by atoms with Crippen LogP contribution in [0.1, 0.15) is 0 Å². The summed E-state index contributed by atoms with van der Waals surface area (Å²) in [6.07, 6.45) is 0. The molecule has 1 aromatic carbocycles. The summed E-state index contributed by atoms with van der Waals surface area (Å²) < 4.78 is 10.9. The number of hydrogen-bond acceptors (Lipinski definition) is 8. The Hall–Kier alpha value is -2.68. The monoisotopic (exact) mass is 332 g/mol. The number of aromatic amines is 1. The molecule has 2 aromatic heterocycles. The van der Waals surface area contributed by atoms with E-state index in [0.717, 1.165) is 0 Å². The number of anilines is 2. The molecule has 0 amide bonds. The Kier molecular flexibility index (Phi) is 4.38. The molecule has 0 fully saturated rings. The third-order valence-electron chi connectivity index (χ3n) is 3.02. The van der Waals surface area contributed by atoms with Gasteiger partial charge >= 0.3 is 0 Å². The number of imidazole rings is 1. The van der Waals surface area contributed by atoms with Crippen molar-refractivity contribution in [2.45, 2.75) is 5.16 Å². The number of H-pyrrole nitrogens is 1. The second-order valence-corrected chi connectivity index (χ2v) is 5.64. The van der Waals surface area contributed by atoms with Crippen LogP contribution in [0.4, 0.5) is 11.8 Å². The fraction of sp³-hybridized carbons (Fsp3) is 0.214. The molecular weight excluding hydrogens is 316 g/mol. The van der Waals surface area contributed by atoms with Crippen molar-refractivity contribution in [3.05, 3.63) is 24.3 Å². The summed E-state index contributed by atoms with van der Waals surface area (Å²) in [5.74, 6) is 2.51. The van der Waals surface area contributed by atoms with Gasteiger partial charge in [-0.25, -0.2) is 4.98 Å². The molecule has 23 heavy (non-hydrogen) atoms. The highest BCUT2D eigenvalue weighted by molar-refractivity contribution is 7.99. The van der Waals surface area contributed by atoms with Crippen LogP contribution in [0, 0.1) is 0 Å². The molecule has 3 rings (SSSR count). The second-order valence-electron chi connectivity index (χ2n) is 4.56. The lowest BCUT2D eigenvalue weighted by Gasteiger charge is -2.09. The lowest BCUT2D eigenvalue weighted by atomic mass is 10.3. The second kappa shape index (κ2) is 6.61. The summed E-state index contributed by atoms with van der Waals surface area (Å²) in [4.78, 5) is 15.3. The summed E-state index contributed by atoms with van der Waals surface area (Å²) in [6.45, 7) is 0.505. The van der Waals surface area contributed by atoms with Gasteiger partial charge in [-0.2, -0.15) is 9.97 Å². The molecule has 2 heterocycles. The molecule has 120 valence electrons. The summed E-state index contributed by atoms with van der Waals surface area (Å²) >= 11 is 1.50. The van der Waals surface area contributed by atoms with Gasteiger partial charge in [0.15, 0.2) is 28.1 Å². The van der Waals surface area contributed by atoms with Gasteiger partial charge in [0.05, 0.1) is 13.7 Å². The Morgan fingerprint density at radius 1 is 1.13 bits per heavy atom. The van der Waals surface area contributed by atoms with Gasteiger partial charge in [0.2, 0.25) is 5.95 Å². The van der Waals surface area contributed by atoms with E-state index >= 15 is 0 Å². The van der Waals surface area contributed by atoms with Crippen LogP contribution < -0.4 is 20.9 Å². The van der Waals surface area contributed by atoms with Gasteiger partial charge in [0.1, 0.15) is 5.52 Å². The topological polar surface area (TPSA) is 125 Å². The number of benzene rings is 1. The minimum absolute atomic E-state index is 0.109. The molecule has 0 atom stereocenters. The zero-order valence-corrected chi connectivity index (χ0v) is 13.3. The average Bonchev–Trinajstić information content (AvgIpc) is 2.95. The molecule has 0 aliphatic rings. The number of nitrogens with two attached hydrogens (primary N) is 2. The van der Waals surface area contributed by atoms with Gasteiger partial charge in [0.25, 0.3) is 0 Å². The van der Waals surface area contributed by atoms with Crippen LogP contribution in [0.2, 0.25) is 0 Å². The quantitative estimate of drug-likeness (QED) is 0.460. The highest BCUT2D eigenvalue weighted by Crippen LogP contribution is 2.26. The summed E-state index contributed by atoms with van der Waals surface area (Å²) in [7, 11) is 1.61. The van der Waals surface area contributed by atoms with Crippen molar-refractivity contribution in [2.75, 3.05) is 30.9 Å². The number of para-hydroxylation sites is 2. The average molecular weight is 332 g/mol. The number of aromatic nitrogens is 4. The van der Waals surface area contributed by atoms with E-state index in [0.29, 0.717) is 40.2 Å². The van der Waals surface area contributed by atoms with Crippen molar-refractivity contribution in [3.63, 3.8) is 0 Å². The fourth-order valence-electron chi connectivity index (χ4n) is 2.01. The van der Waals surface area contributed by atoms with Crippen LogP contribution in [0.5, 0.6) is 11.5 Å². The summed E-state index contributed by atoms with van der Waals surface area (Å²) in [5.41, 5.74) is 12.4. The Labute approximate surface area is 136 Å². The van der Waals surface area contributed by atoms with Gasteiger partial charge in [-0.15, -0.1) is 0 Å². The number of fused-ring (bicyclic) bond motifs is 1. The van der Waals surface area contributed by atoms with Crippen molar-refractivity contribution < 1.29 is 9.47 Å². The first-order valence-corrected chi connectivity index (χ1v) is 7.83. The number of hydrogen-bond donors (Lipinski definition) is 3. The Balaban J connectivity index is 1.60. The van der Waals surface area contributed by atoms with Crippen LogP contribution in [0.25, 0.3) is 11.2 Å².